The number of nitrogens with two attached hydrogens (primary N) is 1. The molecule has 0 amide bonds. The third kappa shape index (κ3) is 4.49. The van der Waals surface area contributed by atoms with Crippen LogP contribution in [-0.2, 0) is 15.0 Å². The number of carboxylic acid groups (broad SMARTS) is 2. The fourth-order valence-corrected chi connectivity index (χ4v) is 3.38. The predicted octanol–water partition coefficient (Wildman–Crippen LogP) is 3.28. The van der Waals surface area contributed by atoms with Crippen LogP contribution >= 0.6 is 0 Å². The van der Waals surface area contributed by atoms with E-state index in [-0.39, 0.29) is 17.5 Å². The summed E-state index contributed by atoms with van der Waals surface area (Å²) in [7, 11) is 0. The van der Waals surface area contributed by atoms with Crippen LogP contribution in [0.3, 0.4) is 0 Å². The van der Waals surface area contributed by atoms with Gasteiger partial charge in [-0.2, -0.15) is 10.2 Å². The molecule has 0 aromatic heterocycles. The van der Waals surface area contributed by atoms with E-state index in [1.54, 1.807) is 0 Å². The Kier molecular flexibility index (Phi) is 5.95. The molecule has 0 bridgehead atoms. The zero-order valence-electron chi connectivity index (χ0n) is 15.9. The van der Waals surface area contributed by atoms with Crippen LogP contribution in [-0.4, -0.2) is 34.2 Å². The van der Waals surface area contributed by atoms with Gasteiger partial charge in [-0.25, -0.2) is 9.59 Å². The van der Waals surface area contributed by atoms with E-state index in [2.05, 4.69) is 49.2 Å². The van der Waals surface area contributed by atoms with Gasteiger partial charge in [0.05, 0.1) is 5.70 Å². The normalized spacial score (nSPS) is 20.1. The molecule has 1 unspecified atom stereocenters. The summed E-state index contributed by atoms with van der Waals surface area (Å²) in [5.41, 5.74) is 12.3. The SMILES string of the molecule is Cc1ccc2c(c1)C1=C(N=NC1C[C@H](C)N)C2(C)C.O=C(O)C=CC(=O)O. The molecule has 2 atom stereocenters. The first-order valence-corrected chi connectivity index (χ1v) is 8.70. The number of hydrogen-bond acceptors (Lipinski definition) is 5. The van der Waals surface area contributed by atoms with Gasteiger partial charge < -0.3 is 15.9 Å². The first-order chi connectivity index (χ1) is 12.5. The highest BCUT2D eigenvalue weighted by molar-refractivity contribution is 5.89. The van der Waals surface area contributed by atoms with E-state index in [0.717, 1.165) is 12.1 Å². The molecule has 3 rings (SSSR count). The van der Waals surface area contributed by atoms with Crippen LogP contribution in [0.1, 0.15) is 43.9 Å². The summed E-state index contributed by atoms with van der Waals surface area (Å²) >= 11 is 0. The van der Waals surface area contributed by atoms with Gasteiger partial charge in [0.25, 0.3) is 0 Å². The molecule has 1 heterocycles. The molecule has 0 fully saturated rings. The Labute approximate surface area is 158 Å². The minimum Gasteiger partial charge on any atom is -0.478 e. The number of benzene rings is 1. The lowest BCUT2D eigenvalue weighted by Crippen LogP contribution is -2.21. The molecule has 1 aromatic rings. The highest BCUT2D eigenvalue weighted by atomic mass is 16.4. The van der Waals surface area contributed by atoms with Gasteiger partial charge in [-0.15, -0.1) is 0 Å². The highest BCUT2D eigenvalue weighted by Gasteiger charge is 2.43. The first-order valence-electron chi connectivity index (χ1n) is 8.70. The molecule has 0 spiro atoms. The first kappa shape index (κ1) is 20.5. The Morgan fingerprint density at radius 1 is 1.26 bits per heavy atom. The molecule has 4 N–H and O–H groups in total. The number of aryl methyl sites for hydroxylation is 1. The van der Waals surface area contributed by atoms with Crippen molar-refractivity contribution in [3.8, 4) is 0 Å². The van der Waals surface area contributed by atoms with Crippen LogP contribution in [0.4, 0.5) is 0 Å². The minimum atomic E-state index is -1.26. The third-order valence-corrected chi connectivity index (χ3v) is 4.58. The van der Waals surface area contributed by atoms with Crippen molar-refractivity contribution >= 4 is 17.5 Å². The molecule has 0 saturated carbocycles. The molecular formula is C20H25N3O4. The van der Waals surface area contributed by atoms with Gasteiger partial charge in [0.1, 0.15) is 6.04 Å². The van der Waals surface area contributed by atoms with Crippen LogP contribution in [0.5, 0.6) is 0 Å². The maximum atomic E-state index is 9.55. The number of fused-ring (bicyclic) bond motifs is 2. The lowest BCUT2D eigenvalue weighted by Gasteiger charge is -2.21. The van der Waals surface area contributed by atoms with Crippen molar-refractivity contribution in [2.45, 2.75) is 51.6 Å². The summed E-state index contributed by atoms with van der Waals surface area (Å²) < 4.78 is 0. The Morgan fingerprint density at radius 2 is 1.85 bits per heavy atom. The smallest absolute Gasteiger partial charge is 0.328 e. The number of allylic oxidation sites excluding steroid dienone is 1. The van der Waals surface area contributed by atoms with Crippen LogP contribution in [0.2, 0.25) is 0 Å². The molecule has 7 nitrogen and oxygen atoms in total. The zero-order valence-corrected chi connectivity index (χ0v) is 15.9. The van der Waals surface area contributed by atoms with Crippen LogP contribution in [0, 0.1) is 6.92 Å². The average Bonchev–Trinajstić information content (AvgIpc) is 3.05. The van der Waals surface area contributed by atoms with E-state index >= 15 is 0 Å². The predicted molar refractivity (Wildman–Crippen MR) is 102 cm³/mol. The molecule has 0 saturated heterocycles. The largest absolute Gasteiger partial charge is 0.478 e. The lowest BCUT2D eigenvalue weighted by atomic mass is 9.84. The number of carbonyl (C=O) groups is 2. The van der Waals surface area contributed by atoms with Crippen molar-refractivity contribution in [2.75, 3.05) is 0 Å². The second-order valence-corrected chi connectivity index (χ2v) is 7.39. The van der Waals surface area contributed by atoms with E-state index in [9.17, 15) is 9.59 Å². The molecule has 7 heteroatoms. The number of hydrogen-bond donors (Lipinski definition) is 3. The van der Waals surface area contributed by atoms with Gasteiger partial charge >= 0.3 is 11.9 Å². The van der Waals surface area contributed by atoms with Gasteiger partial charge in [-0.05, 0) is 31.4 Å². The maximum Gasteiger partial charge on any atom is 0.328 e. The Balaban J connectivity index is 0.000000279. The highest BCUT2D eigenvalue weighted by Crippen LogP contribution is 2.52. The van der Waals surface area contributed by atoms with Crippen molar-refractivity contribution in [3.63, 3.8) is 0 Å². The number of nitrogens with zero attached hydrogens (tertiary/aromatic N) is 2. The monoisotopic (exact) mass is 371 g/mol. The third-order valence-electron chi connectivity index (χ3n) is 4.58. The summed E-state index contributed by atoms with van der Waals surface area (Å²) in [5, 5.41) is 24.6. The van der Waals surface area contributed by atoms with Gasteiger partial charge in [0, 0.05) is 29.2 Å². The molecule has 1 aliphatic heterocycles. The molecule has 144 valence electrons. The molecule has 27 heavy (non-hydrogen) atoms. The van der Waals surface area contributed by atoms with Gasteiger partial charge in [0.2, 0.25) is 0 Å². The van der Waals surface area contributed by atoms with E-state index in [1.807, 2.05) is 6.92 Å². The Hall–Kier alpha value is -2.80. The summed E-state index contributed by atoms with van der Waals surface area (Å²) in [6.07, 6.45) is 1.98. The van der Waals surface area contributed by atoms with Crippen molar-refractivity contribution in [2.24, 2.45) is 16.0 Å². The van der Waals surface area contributed by atoms with Crippen molar-refractivity contribution in [1.82, 2.24) is 0 Å². The second kappa shape index (κ2) is 7.84. The van der Waals surface area contributed by atoms with Crippen LogP contribution < -0.4 is 5.73 Å². The van der Waals surface area contributed by atoms with Crippen LogP contribution in [0.15, 0.2) is 46.3 Å². The molecular weight excluding hydrogens is 346 g/mol. The topological polar surface area (TPSA) is 125 Å². The maximum absolute atomic E-state index is 9.55. The van der Waals surface area contributed by atoms with Gasteiger partial charge in [0.15, 0.2) is 0 Å². The van der Waals surface area contributed by atoms with Crippen molar-refractivity contribution in [1.29, 1.82) is 0 Å². The summed E-state index contributed by atoms with van der Waals surface area (Å²) in [6.45, 7) is 8.63. The number of carboxylic acids is 2. The molecule has 0 radical (unpaired) electrons. The number of aliphatic carboxylic acids is 2. The summed E-state index contributed by atoms with van der Waals surface area (Å²) in [4.78, 5) is 19.1. The second-order valence-electron chi connectivity index (χ2n) is 7.39. The number of rotatable bonds is 4. The average molecular weight is 371 g/mol. The summed E-state index contributed by atoms with van der Waals surface area (Å²) in [6, 6.07) is 6.97. The fourth-order valence-electron chi connectivity index (χ4n) is 3.38. The Morgan fingerprint density at radius 3 is 2.37 bits per heavy atom. The standard InChI is InChI=1S/C16H21N3.C4H4O4/c1-9-5-6-12-11(7-9)14-13(8-10(2)17)18-19-15(14)16(12,3)4;5-3(6)1-2-4(7)8/h5-7,10,13H,8,17H2,1-4H3;1-2H,(H,5,6)(H,7,8)/t10-,13?;/m0./s1. The van der Waals surface area contributed by atoms with Gasteiger partial charge in [-0.3, -0.25) is 0 Å². The van der Waals surface area contributed by atoms with Crippen LogP contribution in [0.25, 0.3) is 5.57 Å². The zero-order chi connectivity index (χ0) is 20.4. The number of azo groups is 1. The molecule has 1 aliphatic carbocycles. The van der Waals surface area contributed by atoms with E-state index < -0.39 is 11.9 Å². The lowest BCUT2D eigenvalue weighted by molar-refractivity contribution is -0.134. The van der Waals surface area contributed by atoms with E-state index in [0.29, 0.717) is 12.2 Å². The summed E-state index contributed by atoms with van der Waals surface area (Å²) in [5.74, 6) is -2.51. The van der Waals surface area contributed by atoms with Crippen molar-refractivity contribution < 1.29 is 19.8 Å². The Bertz CT molecular complexity index is 835. The minimum absolute atomic E-state index is 0.0333. The van der Waals surface area contributed by atoms with E-state index in [4.69, 9.17) is 15.9 Å². The van der Waals surface area contributed by atoms with Gasteiger partial charge in [-0.1, -0.05) is 37.6 Å². The van der Waals surface area contributed by atoms with E-state index in [1.165, 1.54) is 22.3 Å². The molecule has 2 aliphatic rings. The molecule has 1 aromatic carbocycles. The quantitative estimate of drug-likeness (QED) is 0.700. The fraction of sp³-hybridized carbons (Fsp3) is 0.400. The van der Waals surface area contributed by atoms with Crippen molar-refractivity contribution in [3.05, 3.63) is 52.7 Å².